The minimum absolute atomic E-state index is 0.351. The summed E-state index contributed by atoms with van der Waals surface area (Å²) in [6.07, 6.45) is 1.71. The Morgan fingerprint density at radius 1 is 1.32 bits per heavy atom. The summed E-state index contributed by atoms with van der Waals surface area (Å²) in [7, 11) is 0. The first-order chi connectivity index (χ1) is 9.17. The molecule has 0 radical (unpaired) electrons. The van der Waals surface area contributed by atoms with Crippen LogP contribution in [0.15, 0.2) is 24.3 Å². The van der Waals surface area contributed by atoms with Crippen LogP contribution in [0.5, 0.6) is 5.75 Å². The van der Waals surface area contributed by atoms with Gasteiger partial charge in [0.15, 0.2) is 0 Å². The van der Waals surface area contributed by atoms with Gasteiger partial charge in [-0.15, -0.1) is 0 Å². The summed E-state index contributed by atoms with van der Waals surface area (Å²) < 4.78 is 5.36. The lowest BCUT2D eigenvalue weighted by Gasteiger charge is -2.08. The number of carbonyl (C=O) groups is 1. The molecule has 1 aromatic carbocycles. The minimum atomic E-state index is -1.13. The van der Waals surface area contributed by atoms with E-state index in [9.17, 15) is 9.90 Å². The van der Waals surface area contributed by atoms with Crippen LogP contribution in [0.3, 0.4) is 0 Å². The van der Waals surface area contributed by atoms with Gasteiger partial charge in [-0.25, -0.2) is 5.48 Å². The number of aryl methyl sites for hydroxylation is 1. The minimum Gasteiger partial charge on any atom is -0.494 e. The van der Waals surface area contributed by atoms with Crippen molar-refractivity contribution < 1.29 is 19.8 Å². The van der Waals surface area contributed by atoms with Gasteiger partial charge in [0.2, 0.25) is 0 Å². The molecule has 0 saturated heterocycles. The van der Waals surface area contributed by atoms with Crippen LogP contribution in [-0.2, 0) is 11.2 Å². The SMILES string of the molecule is CCOc1ccc(CCCCC(O)C(=O)NO)cc1. The lowest BCUT2D eigenvalue weighted by atomic mass is 10.0. The fourth-order valence-corrected chi connectivity index (χ4v) is 1.79. The Bertz CT molecular complexity index is 378. The number of carbonyl (C=O) groups excluding carboxylic acids is 1. The highest BCUT2D eigenvalue weighted by Crippen LogP contribution is 2.14. The largest absolute Gasteiger partial charge is 0.494 e. The van der Waals surface area contributed by atoms with Gasteiger partial charge in [-0.3, -0.25) is 10.0 Å². The van der Waals surface area contributed by atoms with E-state index in [-0.39, 0.29) is 0 Å². The molecule has 106 valence electrons. The smallest absolute Gasteiger partial charge is 0.272 e. The monoisotopic (exact) mass is 267 g/mol. The predicted molar refractivity (Wildman–Crippen MR) is 71.1 cm³/mol. The molecule has 1 unspecified atom stereocenters. The van der Waals surface area contributed by atoms with Gasteiger partial charge in [0.25, 0.3) is 5.91 Å². The van der Waals surface area contributed by atoms with Gasteiger partial charge in [0.05, 0.1) is 6.61 Å². The second-order valence-corrected chi connectivity index (χ2v) is 4.31. The zero-order chi connectivity index (χ0) is 14.1. The van der Waals surface area contributed by atoms with Crippen molar-refractivity contribution in [1.29, 1.82) is 0 Å². The quantitative estimate of drug-likeness (QED) is 0.380. The fraction of sp³-hybridized carbons (Fsp3) is 0.500. The molecule has 1 rings (SSSR count). The number of hydrogen-bond acceptors (Lipinski definition) is 4. The number of hydrogen-bond donors (Lipinski definition) is 3. The van der Waals surface area contributed by atoms with Gasteiger partial charge in [-0.05, 0) is 43.9 Å². The molecule has 5 nitrogen and oxygen atoms in total. The third-order valence-corrected chi connectivity index (χ3v) is 2.84. The summed E-state index contributed by atoms with van der Waals surface area (Å²) in [6, 6.07) is 7.91. The number of aliphatic hydroxyl groups is 1. The highest BCUT2D eigenvalue weighted by molar-refractivity contribution is 5.79. The van der Waals surface area contributed by atoms with Gasteiger partial charge in [-0.1, -0.05) is 18.6 Å². The van der Waals surface area contributed by atoms with Crippen molar-refractivity contribution in [3.8, 4) is 5.75 Å². The first kappa shape index (κ1) is 15.5. The number of aliphatic hydroxyl groups excluding tert-OH is 1. The van der Waals surface area contributed by atoms with Crippen LogP contribution in [0.1, 0.15) is 31.7 Å². The van der Waals surface area contributed by atoms with Crippen LogP contribution in [0.4, 0.5) is 0 Å². The van der Waals surface area contributed by atoms with Crippen LogP contribution in [0.2, 0.25) is 0 Å². The van der Waals surface area contributed by atoms with Crippen LogP contribution in [0, 0.1) is 0 Å². The lowest BCUT2D eigenvalue weighted by Crippen LogP contribution is -2.31. The van der Waals surface area contributed by atoms with Crippen LogP contribution in [-0.4, -0.2) is 28.9 Å². The normalized spacial score (nSPS) is 11.9. The Kier molecular flexibility index (Phi) is 6.92. The lowest BCUT2D eigenvalue weighted by molar-refractivity contribution is -0.138. The fourth-order valence-electron chi connectivity index (χ4n) is 1.79. The van der Waals surface area contributed by atoms with Crippen molar-refractivity contribution in [2.75, 3.05) is 6.61 Å². The van der Waals surface area contributed by atoms with Crippen molar-refractivity contribution in [1.82, 2.24) is 5.48 Å². The summed E-state index contributed by atoms with van der Waals surface area (Å²) in [5, 5.41) is 17.7. The van der Waals surface area contributed by atoms with Gasteiger partial charge in [0.1, 0.15) is 11.9 Å². The van der Waals surface area contributed by atoms with E-state index in [1.54, 1.807) is 0 Å². The molecule has 0 spiro atoms. The molecule has 0 heterocycles. The summed E-state index contributed by atoms with van der Waals surface area (Å²) in [5.41, 5.74) is 2.64. The summed E-state index contributed by atoms with van der Waals surface area (Å²) in [5.74, 6) is 0.113. The van der Waals surface area contributed by atoms with Crippen LogP contribution >= 0.6 is 0 Å². The van der Waals surface area contributed by atoms with E-state index in [4.69, 9.17) is 9.94 Å². The molecule has 1 atom stereocenters. The number of hydroxylamine groups is 1. The molecule has 0 bridgehead atoms. The van der Waals surface area contributed by atoms with E-state index in [0.29, 0.717) is 13.0 Å². The summed E-state index contributed by atoms with van der Waals surface area (Å²) in [4.78, 5) is 10.8. The molecule has 0 aliphatic heterocycles. The molecular weight excluding hydrogens is 246 g/mol. The van der Waals surface area contributed by atoms with Crippen molar-refractivity contribution in [2.45, 2.75) is 38.7 Å². The maximum absolute atomic E-state index is 10.8. The van der Waals surface area contributed by atoms with E-state index in [0.717, 1.165) is 25.0 Å². The third kappa shape index (κ3) is 5.72. The maximum atomic E-state index is 10.8. The second-order valence-electron chi connectivity index (χ2n) is 4.31. The number of benzene rings is 1. The molecule has 0 aromatic heterocycles. The number of rotatable bonds is 8. The van der Waals surface area contributed by atoms with E-state index in [2.05, 4.69) is 0 Å². The van der Waals surface area contributed by atoms with E-state index in [1.807, 2.05) is 31.2 Å². The van der Waals surface area contributed by atoms with Crippen molar-refractivity contribution in [3.63, 3.8) is 0 Å². The molecule has 19 heavy (non-hydrogen) atoms. The number of unbranched alkanes of at least 4 members (excludes halogenated alkanes) is 1. The van der Waals surface area contributed by atoms with E-state index < -0.39 is 12.0 Å². The highest BCUT2D eigenvalue weighted by Gasteiger charge is 2.12. The molecule has 0 aliphatic carbocycles. The Hall–Kier alpha value is -1.59. The van der Waals surface area contributed by atoms with Crippen LogP contribution < -0.4 is 10.2 Å². The average molecular weight is 267 g/mol. The van der Waals surface area contributed by atoms with Crippen LogP contribution in [0.25, 0.3) is 0 Å². The summed E-state index contributed by atoms with van der Waals surface area (Å²) in [6.45, 7) is 2.60. The first-order valence-corrected chi connectivity index (χ1v) is 6.51. The average Bonchev–Trinajstić information content (AvgIpc) is 2.44. The highest BCUT2D eigenvalue weighted by atomic mass is 16.5. The summed E-state index contributed by atoms with van der Waals surface area (Å²) >= 11 is 0. The zero-order valence-electron chi connectivity index (χ0n) is 11.1. The Morgan fingerprint density at radius 3 is 2.58 bits per heavy atom. The molecule has 0 aliphatic rings. The topological polar surface area (TPSA) is 78.8 Å². The molecule has 1 aromatic rings. The number of nitrogens with one attached hydrogen (secondary N) is 1. The van der Waals surface area contributed by atoms with Gasteiger partial charge >= 0.3 is 0 Å². The second kappa shape index (κ2) is 8.50. The maximum Gasteiger partial charge on any atom is 0.272 e. The molecule has 0 saturated carbocycles. The molecule has 1 amide bonds. The molecule has 3 N–H and O–H groups in total. The Labute approximate surface area is 113 Å². The molecular formula is C14H21NO4. The van der Waals surface area contributed by atoms with Crippen molar-refractivity contribution in [3.05, 3.63) is 29.8 Å². The predicted octanol–water partition coefficient (Wildman–Crippen LogP) is 1.66. The van der Waals surface area contributed by atoms with Gasteiger partial charge in [0, 0.05) is 0 Å². The Balaban J connectivity index is 2.24. The van der Waals surface area contributed by atoms with Crippen molar-refractivity contribution in [2.24, 2.45) is 0 Å². The Morgan fingerprint density at radius 2 is 2.00 bits per heavy atom. The standard InChI is InChI=1S/C14H21NO4/c1-2-19-12-9-7-11(8-10-12)5-3-4-6-13(16)14(17)15-18/h7-10,13,16,18H,2-6H2,1H3,(H,15,17). The number of ether oxygens (including phenoxy) is 1. The molecule has 5 heteroatoms. The molecule has 0 fully saturated rings. The van der Waals surface area contributed by atoms with Gasteiger partial charge in [-0.2, -0.15) is 0 Å². The number of amides is 1. The van der Waals surface area contributed by atoms with Crippen molar-refractivity contribution >= 4 is 5.91 Å². The van der Waals surface area contributed by atoms with E-state index in [1.165, 1.54) is 11.0 Å². The van der Waals surface area contributed by atoms with E-state index >= 15 is 0 Å². The first-order valence-electron chi connectivity index (χ1n) is 6.51. The third-order valence-electron chi connectivity index (χ3n) is 2.84. The zero-order valence-corrected chi connectivity index (χ0v) is 11.1. The van der Waals surface area contributed by atoms with Gasteiger partial charge < -0.3 is 9.84 Å².